The van der Waals surface area contributed by atoms with Crippen LogP contribution in [-0.4, -0.2) is 20.8 Å². The molecule has 1 aliphatic rings. The number of aryl methyl sites for hydroxylation is 1. The normalized spacial score (nSPS) is 15.6. The van der Waals surface area contributed by atoms with Crippen LogP contribution in [-0.2, 0) is 13.6 Å². The summed E-state index contributed by atoms with van der Waals surface area (Å²) in [4.78, 5) is 4.57. The van der Waals surface area contributed by atoms with Crippen molar-refractivity contribution in [3.05, 3.63) is 23.3 Å². The highest BCUT2D eigenvalue weighted by atomic mass is 32.1. The van der Waals surface area contributed by atoms with E-state index in [1.807, 2.05) is 19.3 Å². The van der Waals surface area contributed by atoms with E-state index >= 15 is 0 Å². The Hall–Kier alpha value is -1.20. The first kappa shape index (κ1) is 9.99. The van der Waals surface area contributed by atoms with Gasteiger partial charge in [0.25, 0.3) is 0 Å². The Morgan fingerprint density at radius 3 is 3.12 bits per heavy atom. The molecule has 5 heteroatoms. The predicted octanol–water partition coefficient (Wildman–Crippen LogP) is 1.80. The van der Waals surface area contributed by atoms with Crippen LogP contribution < -0.4 is 5.32 Å². The average Bonchev–Trinajstić information content (AvgIpc) is 2.81. The van der Waals surface area contributed by atoms with Crippen LogP contribution in [0.15, 0.2) is 17.6 Å². The van der Waals surface area contributed by atoms with Gasteiger partial charge in [0.1, 0.15) is 10.7 Å². The highest BCUT2D eigenvalue weighted by molar-refractivity contribution is 7.13. The molecule has 1 fully saturated rings. The molecule has 2 aromatic rings. The summed E-state index contributed by atoms with van der Waals surface area (Å²) < 4.78 is 1.80. The minimum absolute atomic E-state index is 0.736. The maximum Gasteiger partial charge on any atom is 0.144 e. The van der Waals surface area contributed by atoms with Crippen molar-refractivity contribution in [2.45, 2.75) is 25.4 Å². The Balaban J connectivity index is 1.71. The molecule has 2 heterocycles. The van der Waals surface area contributed by atoms with Crippen molar-refractivity contribution in [1.82, 2.24) is 20.1 Å². The van der Waals surface area contributed by atoms with E-state index in [1.54, 1.807) is 16.0 Å². The number of nitrogens with one attached hydrogen (secondary N) is 1. The van der Waals surface area contributed by atoms with E-state index in [2.05, 4.69) is 20.8 Å². The molecule has 0 spiro atoms. The molecule has 0 aromatic carbocycles. The SMILES string of the molecule is Cn1ccc(-c2nc(CNC3CC3)cs2)n1. The third-order valence-corrected chi connectivity index (χ3v) is 3.55. The fraction of sp³-hybridized carbons (Fsp3) is 0.455. The van der Waals surface area contributed by atoms with E-state index in [1.165, 1.54) is 12.8 Å². The lowest BCUT2D eigenvalue weighted by Gasteiger charge is -1.97. The van der Waals surface area contributed by atoms with Gasteiger partial charge in [-0.3, -0.25) is 4.68 Å². The van der Waals surface area contributed by atoms with Gasteiger partial charge in [-0.2, -0.15) is 5.10 Å². The highest BCUT2D eigenvalue weighted by Gasteiger charge is 2.20. The summed E-state index contributed by atoms with van der Waals surface area (Å²) in [6, 6.07) is 2.73. The van der Waals surface area contributed by atoms with Crippen LogP contribution in [0.3, 0.4) is 0 Å². The molecule has 2 aromatic heterocycles. The van der Waals surface area contributed by atoms with Crippen LogP contribution in [0.4, 0.5) is 0 Å². The molecule has 0 aliphatic heterocycles. The lowest BCUT2D eigenvalue weighted by atomic mass is 10.4. The first-order valence-electron chi connectivity index (χ1n) is 5.49. The zero-order valence-corrected chi connectivity index (χ0v) is 10.00. The van der Waals surface area contributed by atoms with E-state index in [-0.39, 0.29) is 0 Å². The van der Waals surface area contributed by atoms with Gasteiger partial charge in [0.2, 0.25) is 0 Å². The van der Waals surface area contributed by atoms with Gasteiger partial charge in [0.15, 0.2) is 0 Å². The van der Waals surface area contributed by atoms with Gasteiger partial charge in [-0.05, 0) is 18.9 Å². The van der Waals surface area contributed by atoms with Crippen molar-refractivity contribution in [3.8, 4) is 10.7 Å². The van der Waals surface area contributed by atoms with Gasteiger partial charge >= 0.3 is 0 Å². The van der Waals surface area contributed by atoms with Crippen molar-refractivity contribution in [1.29, 1.82) is 0 Å². The second-order valence-corrected chi connectivity index (χ2v) is 5.03. The zero-order valence-electron chi connectivity index (χ0n) is 9.18. The first-order chi connectivity index (χ1) is 7.81. The monoisotopic (exact) mass is 234 g/mol. The summed E-state index contributed by atoms with van der Waals surface area (Å²) in [5.74, 6) is 0. The number of hydrogen-bond acceptors (Lipinski definition) is 4. The molecule has 0 bridgehead atoms. The lowest BCUT2D eigenvalue weighted by molar-refractivity contribution is 0.677. The molecule has 1 N–H and O–H groups in total. The van der Waals surface area contributed by atoms with Crippen LogP contribution >= 0.6 is 11.3 Å². The fourth-order valence-electron chi connectivity index (χ4n) is 1.57. The van der Waals surface area contributed by atoms with Gasteiger partial charge in [-0.15, -0.1) is 11.3 Å². The van der Waals surface area contributed by atoms with Crippen LogP contribution in [0.2, 0.25) is 0 Å². The lowest BCUT2D eigenvalue weighted by Crippen LogP contribution is -2.15. The smallest absolute Gasteiger partial charge is 0.144 e. The largest absolute Gasteiger partial charge is 0.308 e. The van der Waals surface area contributed by atoms with Gasteiger partial charge in [-0.25, -0.2) is 4.98 Å². The van der Waals surface area contributed by atoms with Crippen LogP contribution in [0, 0.1) is 0 Å². The maximum atomic E-state index is 4.57. The van der Waals surface area contributed by atoms with Gasteiger partial charge < -0.3 is 5.32 Å². The summed E-state index contributed by atoms with van der Waals surface area (Å²) in [5.41, 5.74) is 2.09. The number of nitrogens with zero attached hydrogens (tertiary/aromatic N) is 3. The van der Waals surface area contributed by atoms with Crippen molar-refractivity contribution in [3.63, 3.8) is 0 Å². The molecule has 0 atom stereocenters. The Kier molecular flexibility index (Phi) is 2.49. The number of rotatable bonds is 4. The summed E-state index contributed by atoms with van der Waals surface area (Å²) in [6.45, 7) is 0.883. The van der Waals surface area contributed by atoms with E-state index < -0.39 is 0 Å². The molecule has 0 unspecified atom stereocenters. The summed E-state index contributed by atoms with van der Waals surface area (Å²) in [6.07, 6.45) is 4.58. The summed E-state index contributed by atoms with van der Waals surface area (Å²) in [7, 11) is 1.92. The Bertz CT molecular complexity index is 484. The quantitative estimate of drug-likeness (QED) is 0.877. The van der Waals surface area contributed by atoms with Crippen LogP contribution in [0.25, 0.3) is 10.7 Å². The highest BCUT2D eigenvalue weighted by Crippen LogP contribution is 2.23. The minimum atomic E-state index is 0.736. The molecule has 84 valence electrons. The van der Waals surface area contributed by atoms with Crippen LogP contribution in [0.1, 0.15) is 18.5 Å². The zero-order chi connectivity index (χ0) is 11.0. The molecule has 1 saturated carbocycles. The second kappa shape index (κ2) is 3.99. The summed E-state index contributed by atoms with van der Waals surface area (Å²) in [5, 5.41) is 10.9. The minimum Gasteiger partial charge on any atom is -0.308 e. The standard InChI is InChI=1S/C11H14N4S/c1-15-5-4-10(14-15)11-13-9(7-16-11)6-12-8-2-3-8/h4-5,7-8,12H,2-3,6H2,1H3. The number of hydrogen-bond donors (Lipinski definition) is 1. The molecular weight excluding hydrogens is 220 g/mol. The number of aromatic nitrogens is 3. The van der Waals surface area contributed by atoms with Crippen LogP contribution in [0.5, 0.6) is 0 Å². The van der Waals surface area contributed by atoms with Crippen molar-refractivity contribution in [2.24, 2.45) is 7.05 Å². The van der Waals surface area contributed by atoms with Gasteiger partial charge in [-0.1, -0.05) is 0 Å². The Morgan fingerprint density at radius 1 is 1.56 bits per heavy atom. The molecule has 0 amide bonds. The van der Waals surface area contributed by atoms with Gasteiger partial charge in [0.05, 0.1) is 5.69 Å². The second-order valence-electron chi connectivity index (χ2n) is 4.17. The van der Waals surface area contributed by atoms with Crippen molar-refractivity contribution in [2.75, 3.05) is 0 Å². The van der Waals surface area contributed by atoms with E-state index in [4.69, 9.17) is 0 Å². The molecule has 0 radical (unpaired) electrons. The summed E-state index contributed by atoms with van der Waals surface area (Å²) >= 11 is 1.66. The van der Waals surface area contributed by atoms with Crippen molar-refractivity contribution < 1.29 is 0 Å². The Morgan fingerprint density at radius 2 is 2.44 bits per heavy atom. The molecule has 1 aliphatic carbocycles. The van der Waals surface area contributed by atoms with Gasteiger partial charge in [0, 0.05) is 31.2 Å². The molecular formula is C11H14N4S. The topological polar surface area (TPSA) is 42.7 Å². The maximum absolute atomic E-state index is 4.57. The molecule has 16 heavy (non-hydrogen) atoms. The average molecular weight is 234 g/mol. The predicted molar refractivity (Wildman–Crippen MR) is 64.2 cm³/mol. The third kappa shape index (κ3) is 2.15. The fourth-order valence-corrected chi connectivity index (χ4v) is 2.35. The molecule has 3 rings (SSSR count). The molecule has 4 nitrogen and oxygen atoms in total. The first-order valence-corrected chi connectivity index (χ1v) is 6.37. The van der Waals surface area contributed by atoms with E-state index in [0.717, 1.165) is 29.0 Å². The third-order valence-electron chi connectivity index (χ3n) is 2.63. The Labute approximate surface area is 98.3 Å². The van der Waals surface area contributed by atoms with Crippen molar-refractivity contribution >= 4 is 11.3 Å². The van der Waals surface area contributed by atoms with E-state index in [0.29, 0.717) is 0 Å². The number of thiazole rings is 1. The van der Waals surface area contributed by atoms with E-state index in [9.17, 15) is 0 Å². The molecule has 0 saturated heterocycles.